The zero-order valence-corrected chi connectivity index (χ0v) is 19.7. The Labute approximate surface area is 196 Å². The second-order valence-electron chi connectivity index (χ2n) is 8.88. The molecule has 0 radical (unpaired) electrons. The van der Waals surface area contributed by atoms with Gasteiger partial charge in [-0.05, 0) is 57.5 Å². The van der Waals surface area contributed by atoms with Crippen LogP contribution in [0.4, 0.5) is 4.39 Å². The number of benzene rings is 2. The van der Waals surface area contributed by atoms with Crippen molar-refractivity contribution in [2.45, 2.75) is 52.9 Å². The van der Waals surface area contributed by atoms with Crippen molar-refractivity contribution in [2.75, 3.05) is 6.61 Å². The summed E-state index contributed by atoms with van der Waals surface area (Å²) in [4.78, 5) is 52.3. The Kier molecular flexibility index (Phi) is 7.34. The molecule has 0 atom stereocenters. The lowest BCUT2D eigenvalue weighted by Gasteiger charge is -2.35. The van der Waals surface area contributed by atoms with Gasteiger partial charge in [0.25, 0.3) is 11.5 Å². The molecule has 1 heterocycles. The molecule has 2 aromatic carbocycles. The molecule has 0 unspecified atom stereocenters. The largest absolute Gasteiger partial charge is 0.454 e. The first kappa shape index (κ1) is 24.9. The van der Waals surface area contributed by atoms with E-state index in [0.717, 1.165) is 4.57 Å². The Morgan fingerprint density at radius 3 is 2.38 bits per heavy atom. The first-order valence-electron chi connectivity index (χ1n) is 11.0. The number of carbonyl (C=O) groups excluding carboxylic acids is 2. The van der Waals surface area contributed by atoms with Gasteiger partial charge in [0.1, 0.15) is 12.4 Å². The van der Waals surface area contributed by atoms with Crippen LogP contribution in [0.25, 0.3) is 10.9 Å². The first-order valence-corrected chi connectivity index (χ1v) is 11.0. The highest BCUT2D eigenvalue weighted by molar-refractivity contribution is 5.82. The van der Waals surface area contributed by atoms with Crippen LogP contribution in [0.5, 0.6) is 0 Å². The van der Waals surface area contributed by atoms with Crippen molar-refractivity contribution in [3.63, 3.8) is 0 Å². The Hall–Kier alpha value is -3.75. The van der Waals surface area contributed by atoms with Gasteiger partial charge in [-0.3, -0.25) is 23.5 Å². The zero-order valence-electron chi connectivity index (χ0n) is 19.7. The molecule has 0 aliphatic rings. The monoisotopic (exact) mass is 469 g/mol. The van der Waals surface area contributed by atoms with E-state index in [9.17, 15) is 23.6 Å². The average Bonchev–Trinajstić information content (AvgIpc) is 2.78. The van der Waals surface area contributed by atoms with Crippen molar-refractivity contribution in [1.82, 2.24) is 14.0 Å². The number of hydrogen-bond acceptors (Lipinski definition) is 5. The molecule has 9 heteroatoms. The average molecular weight is 470 g/mol. The van der Waals surface area contributed by atoms with Gasteiger partial charge in [-0.1, -0.05) is 24.3 Å². The molecule has 0 fully saturated rings. The minimum Gasteiger partial charge on any atom is -0.454 e. The molecule has 0 aliphatic heterocycles. The molecule has 0 spiro atoms. The van der Waals surface area contributed by atoms with Gasteiger partial charge in [-0.25, -0.2) is 9.18 Å². The van der Waals surface area contributed by atoms with Crippen LogP contribution in [-0.2, 0) is 34.0 Å². The number of amides is 1. The number of esters is 1. The molecule has 0 saturated heterocycles. The van der Waals surface area contributed by atoms with Gasteiger partial charge in [0.15, 0.2) is 6.61 Å². The first-order chi connectivity index (χ1) is 16.0. The molecular weight excluding hydrogens is 441 g/mol. The maximum atomic E-state index is 13.6. The van der Waals surface area contributed by atoms with Gasteiger partial charge in [0, 0.05) is 18.6 Å². The Balaban J connectivity index is 1.78. The number of nitrogens with zero attached hydrogens (tertiary/aromatic N) is 3. The summed E-state index contributed by atoms with van der Waals surface area (Å²) in [7, 11) is 0. The van der Waals surface area contributed by atoms with E-state index in [1.807, 2.05) is 20.8 Å². The quantitative estimate of drug-likeness (QED) is 0.497. The van der Waals surface area contributed by atoms with Crippen molar-refractivity contribution in [3.8, 4) is 0 Å². The lowest BCUT2D eigenvalue weighted by molar-refractivity contribution is -0.155. The fourth-order valence-corrected chi connectivity index (χ4v) is 3.71. The van der Waals surface area contributed by atoms with Crippen molar-refractivity contribution in [3.05, 3.63) is 80.7 Å². The van der Waals surface area contributed by atoms with Crippen molar-refractivity contribution >= 4 is 22.8 Å². The molecule has 34 heavy (non-hydrogen) atoms. The minimum absolute atomic E-state index is 0.142. The molecule has 0 saturated carbocycles. The highest BCUT2D eigenvalue weighted by Crippen LogP contribution is 2.18. The number of para-hydroxylation sites is 1. The Bertz CT molecular complexity index is 1340. The second-order valence-corrected chi connectivity index (χ2v) is 8.88. The summed E-state index contributed by atoms with van der Waals surface area (Å²) in [5.74, 6) is -1.65. The van der Waals surface area contributed by atoms with Crippen LogP contribution >= 0.6 is 0 Å². The Morgan fingerprint density at radius 2 is 1.74 bits per heavy atom. The molecule has 180 valence electrons. The standard InChI is InChI=1S/C25H28FN3O5/c1-5-27-23(32)19-11-6-7-12-20(19)28(24(27)33)15-22(31)34-16-21(30)29(25(2,3)4)14-17-9-8-10-18(26)13-17/h6-13H,5,14-16H2,1-4H3. The number of rotatable bonds is 7. The predicted octanol–water partition coefficient (Wildman–Crippen LogP) is 2.69. The van der Waals surface area contributed by atoms with Gasteiger partial charge >= 0.3 is 11.7 Å². The molecule has 0 bridgehead atoms. The zero-order chi connectivity index (χ0) is 25.0. The normalized spacial score (nSPS) is 11.4. The van der Waals surface area contributed by atoms with Gasteiger partial charge < -0.3 is 9.64 Å². The fourth-order valence-electron chi connectivity index (χ4n) is 3.71. The summed E-state index contributed by atoms with van der Waals surface area (Å²) >= 11 is 0. The van der Waals surface area contributed by atoms with Crippen LogP contribution in [-0.4, -0.2) is 38.1 Å². The van der Waals surface area contributed by atoms with Crippen LogP contribution in [0.1, 0.15) is 33.3 Å². The van der Waals surface area contributed by atoms with Crippen LogP contribution in [0.15, 0.2) is 58.1 Å². The van der Waals surface area contributed by atoms with Crippen LogP contribution in [0.2, 0.25) is 0 Å². The van der Waals surface area contributed by atoms with Crippen LogP contribution < -0.4 is 11.2 Å². The lowest BCUT2D eigenvalue weighted by Crippen LogP contribution is -2.47. The minimum atomic E-state index is -0.790. The van der Waals surface area contributed by atoms with Gasteiger partial charge in [-0.2, -0.15) is 0 Å². The SMILES string of the molecule is CCn1c(=O)c2ccccc2n(CC(=O)OCC(=O)N(Cc2cccc(F)c2)C(C)(C)C)c1=O. The highest BCUT2D eigenvalue weighted by atomic mass is 19.1. The van der Waals surface area contributed by atoms with E-state index in [4.69, 9.17) is 4.74 Å². The summed E-state index contributed by atoms with van der Waals surface area (Å²) in [6, 6.07) is 12.4. The van der Waals surface area contributed by atoms with Gasteiger partial charge in [0.2, 0.25) is 0 Å². The number of halogens is 1. The third kappa shape index (κ3) is 5.41. The molecule has 3 rings (SSSR count). The molecular formula is C25H28FN3O5. The molecule has 8 nitrogen and oxygen atoms in total. The number of hydrogen-bond donors (Lipinski definition) is 0. The molecule has 1 amide bonds. The van der Waals surface area contributed by atoms with Crippen molar-refractivity contribution in [2.24, 2.45) is 0 Å². The number of aromatic nitrogens is 2. The summed E-state index contributed by atoms with van der Waals surface area (Å²) in [6.45, 7) is 6.44. The number of carbonyl (C=O) groups is 2. The lowest BCUT2D eigenvalue weighted by atomic mass is 10.0. The van der Waals surface area contributed by atoms with Crippen molar-refractivity contribution in [1.29, 1.82) is 0 Å². The van der Waals surface area contributed by atoms with E-state index < -0.39 is 47.6 Å². The maximum absolute atomic E-state index is 13.6. The third-order valence-corrected chi connectivity index (χ3v) is 5.43. The van der Waals surface area contributed by atoms with Crippen LogP contribution in [0.3, 0.4) is 0 Å². The fraction of sp³-hybridized carbons (Fsp3) is 0.360. The number of fused-ring (bicyclic) bond motifs is 1. The van der Waals surface area contributed by atoms with Crippen LogP contribution in [0, 0.1) is 5.82 Å². The van der Waals surface area contributed by atoms with Gasteiger partial charge in [0.05, 0.1) is 10.9 Å². The molecule has 0 aliphatic carbocycles. The van der Waals surface area contributed by atoms with Gasteiger partial charge in [-0.15, -0.1) is 0 Å². The summed E-state index contributed by atoms with van der Waals surface area (Å²) in [5, 5.41) is 0.307. The smallest absolute Gasteiger partial charge is 0.332 e. The summed E-state index contributed by atoms with van der Waals surface area (Å²) < 4.78 is 21.0. The molecule has 3 aromatic rings. The van der Waals surface area contributed by atoms with Crippen molar-refractivity contribution < 1.29 is 18.7 Å². The molecule has 1 aromatic heterocycles. The molecule has 0 N–H and O–H groups in total. The summed E-state index contributed by atoms with van der Waals surface area (Å²) in [5.41, 5.74) is -0.750. The second kappa shape index (κ2) is 10.0. The highest BCUT2D eigenvalue weighted by Gasteiger charge is 2.27. The van der Waals surface area contributed by atoms with E-state index >= 15 is 0 Å². The van der Waals surface area contributed by atoms with E-state index in [1.165, 1.54) is 21.6 Å². The predicted molar refractivity (Wildman–Crippen MR) is 126 cm³/mol. The maximum Gasteiger partial charge on any atom is 0.332 e. The topological polar surface area (TPSA) is 90.6 Å². The van der Waals surface area contributed by atoms with E-state index in [2.05, 4.69) is 0 Å². The van der Waals surface area contributed by atoms with E-state index in [0.29, 0.717) is 16.5 Å². The Morgan fingerprint density at radius 1 is 1.03 bits per heavy atom. The van der Waals surface area contributed by atoms with E-state index in [-0.39, 0.29) is 13.1 Å². The van der Waals surface area contributed by atoms with E-state index in [1.54, 1.807) is 43.3 Å². The summed E-state index contributed by atoms with van der Waals surface area (Å²) in [6.07, 6.45) is 0. The number of ether oxygens (including phenoxy) is 1. The third-order valence-electron chi connectivity index (χ3n) is 5.43.